The van der Waals surface area contributed by atoms with E-state index in [9.17, 15) is 4.79 Å². The third-order valence-corrected chi connectivity index (χ3v) is 3.74. The molecule has 0 radical (unpaired) electrons. The predicted molar refractivity (Wildman–Crippen MR) is 85.7 cm³/mol. The fourth-order valence-electron chi connectivity index (χ4n) is 2.42. The normalized spacial score (nSPS) is 10.8. The Balaban J connectivity index is 2.56. The van der Waals surface area contributed by atoms with Gasteiger partial charge in [-0.15, -0.1) is 0 Å². The number of hydrogen-bond acceptors (Lipinski definition) is 3. The van der Waals surface area contributed by atoms with Crippen molar-refractivity contribution in [3.05, 3.63) is 47.0 Å². The summed E-state index contributed by atoms with van der Waals surface area (Å²) in [5.74, 6) is 0.452. The zero-order chi connectivity index (χ0) is 14.5. The molecule has 0 aromatic rings. The van der Waals surface area contributed by atoms with Crippen molar-refractivity contribution in [3.8, 4) is 11.1 Å². The van der Waals surface area contributed by atoms with Crippen molar-refractivity contribution in [2.45, 2.75) is 32.4 Å². The molecule has 0 spiro atoms. The highest BCUT2D eigenvalue weighted by molar-refractivity contribution is 7.79. The molecule has 20 heavy (non-hydrogen) atoms. The summed E-state index contributed by atoms with van der Waals surface area (Å²) in [5, 5.41) is 0. The number of thiol groups is 1. The summed E-state index contributed by atoms with van der Waals surface area (Å²) >= 11 is 4.31. The van der Waals surface area contributed by atoms with Crippen LogP contribution in [0.15, 0.2) is 30.3 Å². The van der Waals surface area contributed by atoms with Crippen LogP contribution in [0, 0.1) is 0 Å². The average molecular weight is 288 g/mol. The molecule has 0 heterocycles. The molecule has 0 aromatic carbocycles. The van der Waals surface area contributed by atoms with Gasteiger partial charge in [-0.1, -0.05) is 37.6 Å². The number of esters is 1. The molecule has 3 heteroatoms. The molecule has 0 saturated carbocycles. The predicted octanol–water partition coefficient (Wildman–Crippen LogP) is 4.35. The van der Waals surface area contributed by atoms with Crippen LogP contribution in [0.3, 0.4) is 0 Å². The van der Waals surface area contributed by atoms with Gasteiger partial charge in [-0.3, -0.25) is 0 Å². The van der Waals surface area contributed by atoms with Crippen molar-refractivity contribution in [1.29, 1.82) is 0 Å². The molecule has 0 N–H and O–H groups in total. The van der Waals surface area contributed by atoms with Gasteiger partial charge in [-0.05, 0) is 41.7 Å². The van der Waals surface area contributed by atoms with E-state index in [2.05, 4.69) is 31.7 Å². The molecule has 0 bridgehead atoms. The summed E-state index contributed by atoms with van der Waals surface area (Å²) in [6.45, 7) is 4.37. The topological polar surface area (TPSA) is 26.3 Å². The highest BCUT2D eigenvalue weighted by Gasteiger charge is 2.20. The van der Waals surface area contributed by atoms with Crippen molar-refractivity contribution < 1.29 is 9.53 Å². The molecule has 0 saturated heterocycles. The Bertz CT molecular complexity index is 578. The molecule has 2 rings (SSSR count). The fourth-order valence-corrected chi connectivity index (χ4v) is 2.63. The molecule has 0 atom stereocenters. The van der Waals surface area contributed by atoms with Crippen LogP contribution in [0.2, 0.25) is 0 Å². The Morgan fingerprint density at radius 2 is 1.85 bits per heavy atom. The lowest BCUT2D eigenvalue weighted by Crippen LogP contribution is -2.03. The van der Waals surface area contributed by atoms with E-state index < -0.39 is 0 Å². The first kappa shape index (κ1) is 14.9. The number of ether oxygens (including phenoxy) is 1. The lowest BCUT2D eigenvalue weighted by molar-refractivity contribution is 0.0527. The lowest BCUT2D eigenvalue weighted by atomic mass is 10.1. The zero-order valence-electron chi connectivity index (χ0n) is 12.0. The first-order chi connectivity index (χ1) is 9.71. The monoisotopic (exact) mass is 288 g/mol. The molecule has 2 aliphatic rings. The van der Waals surface area contributed by atoms with Gasteiger partial charge in [0.05, 0.1) is 12.2 Å². The van der Waals surface area contributed by atoms with Gasteiger partial charge in [-0.2, -0.15) is 12.6 Å². The van der Waals surface area contributed by atoms with Gasteiger partial charge in [0.15, 0.2) is 0 Å². The lowest BCUT2D eigenvalue weighted by Gasteiger charge is -2.01. The Morgan fingerprint density at radius 3 is 2.45 bits per heavy atom. The third-order valence-electron chi connectivity index (χ3n) is 3.37. The Labute approximate surface area is 125 Å². The van der Waals surface area contributed by atoms with E-state index in [-0.39, 0.29) is 5.97 Å². The van der Waals surface area contributed by atoms with Gasteiger partial charge >= 0.3 is 5.97 Å². The van der Waals surface area contributed by atoms with Crippen LogP contribution in [-0.2, 0) is 16.9 Å². The smallest absolute Gasteiger partial charge is 0.338 e. The number of carbonyl (C=O) groups is 1. The highest BCUT2D eigenvalue weighted by Crippen LogP contribution is 2.33. The number of hydrogen-bond donors (Lipinski definition) is 1. The second-order valence-electron chi connectivity index (χ2n) is 4.78. The van der Waals surface area contributed by atoms with Crippen LogP contribution >= 0.6 is 12.6 Å². The van der Waals surface area contributed by atoms with E-state index in [1.807, 2.05) is 25.1 Å². The van der Waals surface area contributed by atoms with Gasteiger partial charge in [0.25, 0.3) is 0 Å². The number of aryl methyl sites for hydroxylation is 1. The fraction of sp³-hybridized carbons (Fsp3) is 0.353. The molecule has 106 valence electrons. The van der Waals surface area contributed by atoms with Crippen molar-refractivity contribution in [3.63, 3.8) is 0 Å². The van der Waals surface area contributed by atoms with Crippen molar-refractivity contribution in [1.82, 2.24) is 0 Å². The van der Waals surface area contributed by atoms with Crippen LogP contribution < -0.4 is 0 Å². The minimum atomic E-state index is -0.238. The van der Waals surface area contributed by atoms with E-state index in [1.165, 1.54) is 5.56 Å². The standard InChI is InChI=1S/C17H20O2S/c1-3-5-13-10-16(17(18)19-4-2)15-9-7-12(11-20)6-8-14(13)15/h6-10,20H,3-5,11H2,1-2H3. The van der Waals surface area contributed by atoms with Crippen molar-refractivity contribution in [2.75, 3.05) is 6.61 Å². The summed E-state index contributed by atoms with van der Waals surface area (Å²) in [7, 11) is 0. The second kappa shape index (κ2) is 6.80. The molecular formula is C17H20O2S. The van der Waals surface area contributed by atoms with Crippen LogP contribution in [-0.4, -0.2) is 12.6 Å². The summed E-state index contributed by atoms with van der Waals surface area (Å²) in [6.07, 6.45) is 2.02. The summed E-state index contributed by atoms with van der Waals surface area (Å²) < 4.78 is 5.16. The molecule has 0 unspecified atom stereocenters. The summed E-state index contributed by atoms with van der Waals surface area (Å²) in [6, 6.07) is 10.2. The second-order valence-corrected chi connectivity index (χ2v) is 5.10. The minimum Gasteiger partial charge on any atom is -0.462 e. The van der Waals surface area contributed by atoms with E-state index in [0.29, 0.717) is 17.9 Å². The van der Waals surface area contributed by atoms with Gasteiger partial charge < -0.3 is 4.74 Å². The Hall–Kier alpha value is -1.48. The summed E-state index contributed by atoms with van der Waals surface area (Å²) in [5.41, 5.74) is 5.14. The van der Waals surface area contributed by atoms with Crippen molar-refractivity contribution >= 4 is 18.6 Å². The Morgan fingerprint density at radius 1 is 1.15 bits per heavy atom. The van der Waals surface area contributed by atoms with Crippen molar-refractivity contribution in [2.24, 2.45) is 0 Å². The maximum absolute atomic E-state index is 12.1. The minimum absolute atomic E-state index is 0.238. The van der Waals surface area contributed by atoms with Gasteiger partial charge in [0, 0.05) is 5.75 Å². The molecular weight excluding hydrogens is 268 g/mol. The van der Waals surface area contributed by atoms with E-state index >= 15 is 0 Å². The van der Waals surface area contributed by atoms with Crippen LogP contribution in [0.4, 0.5) is 0 Å². The van der Waals surface area contributed by atoms with Gasteiger partial charge in [-0.25, -0.2) is 4.79 Å². The SMILES string of the molecule is CCCc1cc(C(=O)OCC)c2ccc(CS)ccc1-2. The highest BCUT2D eigenvalue weighted by atomic mass is 32.1. The molecule has 0 aromatic heterocycles. The van der Waals surface area contributed by atoms with E-state index in [0.717, 1.165) is 29.5 Å². The quantitative estimate of drug-likeness (QED) is 0.654. The molecule has 0 fully saturated rings. The molecule has 0 aliphatic heterocycles. The maximum Gasteiger partial charge on any atom is 0.338 e. The first-order valence-electron chi connectivity index (χ1n) is 7.03. The number of rotatable bonds is 5. The largest absolute Gasteiger partial charge is 0.462 e. The van der Waals surface area contributed by atoms with Crippen LogP contribution in [0.25, 0.3) is 11.1 Å². The molecule has 2 nitrogen and oxygen atoms in total. The van der Waals surface area contributed by atoms with Crippen LogP contribution in [0.1, 0.15) is 41.8 Å². The molecule has 2 aliphatic carbocycles. The summed E-state index contributed by atoms with van der Waals surface area (Å²) in [4.78, 5) is 12.1. The van der Waals surface area contributed by atoms with E-state index in [4.69, 9.17) is 4.74 Å². The Kier molecular flexibility index (Phi) is 5.07. The number of carbonyl (C=O) groups excluding carboxylic acids is 1. The van der Waals surface area contributed by atoms with Gasteiger partial charge in [0.2, 0.25) is 0 Å². The van der Waals surface area contributed by atoms with Gasteiger partial charge in [0.1, 0.15) is 0 Å². The number of fused-ring (bicyclic) bond motifs is 1. The average Bonchev–Trinajstić information content (AvgIpc) is 2.65. The maximum atomic E-state index is 12.1. The third kappa shape index (κ3) is 2.98. The van der Waals surface area contributed by atoms with Crippen LogP contribution in [0.5, 0.6) is 0 Å². The zero-order valence-corrected chi connectivity index (χ0v) is 12.9. The first-order valence-corrected chi connectivity index (χ1v) is 7.67. The van der Waals surface area contributed by atoms with E-state index in [1.54, 1.807) is 0 Å². The molecule has 0 amide bonds.